The monoisotopic (exact) mass is 195 g/mol. The molecule has 0 aromatic heterocycles. The van der Waals surface area contributed by atoms with Crippen molar-refractivity contribution in [3.63, 3.8) is 0 Å². The Kier molecular flexibility index (Phi) is 15.9. The first-order valence-electron chi connectivity index (χ1n) is 0.667. The van der Waals surface area contributed by atoms with E-state index in [0.717, 1.165) is 0 Å². The van der Waals surface area contributed by atoms with Gasteiger partial charge in [0.25, 0.3) is 0 Å². The smallest absolute Gasteiger partial charge is 1.00 e. The summed E-state index contributed by atoms with van der Waals surface area (Å²) in [7, 11) is 13.4. The van der Waals surface area contributed by atoms with E-state index in [-0.39, 0.29) is 1.43 Å². The van der Waals surface area contributed by atoms with Crippen molar-refractivity contribution < 1.29 is 17.2 Å². The van der Waals surface area contributed by atoms with Gasteiger partial charge >= 0.3 is 42.8 Å². The third-order valence-electron chi connectivity index (χ3n) is 0. The van der Waals surface area contributed by atoms with Crippen molar-refractivity contribution in [3.8, 4) is 0 Å². The quantitative estimate of drug-likeness (QED) is 0.579. The number of carbonyl (C=O) groups excluding carboxylic acids is 1. The van der Waals surface area contributed by atoms with Crippen LogP contribution in [0, 0.1) is 0 Å². The Labute approximate surface area is 54.6 Å². The summed E-state index contributed by atoms with van der Waals surface area (Å²) in [5.74, 6) is 0. The van der Waals surface area contributed by atoms with E-state index in [0.29, 0.717) is 0 Å². The van der Waals surface area contributed by atoms with Gasteiger partial charge in [0.05, 0.1) is 0 Å². The van der Waals surface area contributed by atoms with Gasteiger partial charge in [0.15, 0.2) is 0 Å². The zero-order valence-corrected chi connectivity index (χ0v) is 5.89. The molecule has 0 aromatic rings. The van der Waals surface area contributed by atoms with Gasteiger partial charge in [-0.3, -0.25) is 0 Å². The van der Waals surface area contributed by atoms with Crippen molar-refractivity contribution in [2.45, 2.75) is 0 Å². The number of hydrogen-bond acceptors (Lipinski definition) is 1. The minimum absolute atomic E-state index is 0. The van der Waals surface area contributed by atoms with Crippen molar-refractivity contribution in [2.24, 2.45) is 0 Å². The largest absolute Gasteiger partial charge is 1.00 e. The molecule has 0 atom stereocenters. The molecule has 0 aliphatic carbocycles. The average molecular weight is 196 g/mol. The molecular formula is CH3Cl3CoO+. The predicted octanol–water partition coefficient (Wildman–Crippen LogP) is 1.99. The molecule has 0 aromatic carbocycles. The number of carbonyl (C=O) groups is 1. The Morgan fingerprint density at radius 3 is 1.33 bits per heavy atom. The van der Waals surface area contributed by atoms with Gasteiger partial charge in [-0.15, -0.1) is 0 Å². The van der Waals surface area contributed by atoms with Gasteiger partial charge in [0.1, 0.15) is 6.79 Å². The Balaban J connectivity index is -0.0000000480. The van der Waals surface area contributed by atoms with Gasteiger partial charge in [-0.1, -0.05) is 0 Å². The fraction of sp³-hybridized carbons (Fsp3) is 0. The molecule has 0 heterocycles. The van der Waals surface area contributed by atoms with Crippen LogP contribution in [0.2, 0.25) is 0 Å². The Hall–Kier alpha value is 1.05. The number of rotatable bonds is 0. The second kappa shape index (κ2) is 9.40. The third-order valence-corrected chi connectivity index (χ3v) is 0. The molecule has 0 saturated carbocycles. The molecule has 0 aliphatic rings. The van der Waals surface area contributed by atoms with E-state index in [1.54, 1.807) is 0 Å². The van der Waals surface area contributed by atoms with Gasteiger partial charge in [-0.25, -0.2) is 0 Å². The van der Waals surface area contributed by atoms with Crippen LogP contribution in [0.25, 0.3) is 0 Å². The molecule has 0 bridgehead atoms. The third kappa shape index (κ3) is 75.5. The van der Waals surface area contributed by atoms with Crippen LogP contribution in [0.15, 0.2) is 0 Å². The zero-order valence-electron chi connectivity index (χ0n) is 3.58. The van der Waals surface area contributed by atoms with Crippen molar-refractivity contribution in [1.82, 2.24) is 0 Å². The molecule has 0 saturated heterocycles. The fourth-order valence-corrected chi connectivity index (χ4v) is 0. The summed E-state index contributed by atoms with van der Waals surface area (Å²) in [6, 6.07) is 0. The Morgan fingerprint density at radius 1 is 1.33 bits per heavy atom. The van der Waals surface area contributed by atoms with E-state index in [9.17, 15) is 0 Å². The van der Waals surface area contributed by atoms with Crippen LogP contribution in [0.3, 0.4) is 0 Å². The van der Waals surface area contributed by atoms with Crippen molar-refractivity contribution in [2.75, 3.05) is 0 Å². The van der Waals surface area contributed by atoms with E-state index in [1.165, 1.54) is 0 Å². The zero-order chi connectivity index (χ0) is 5.58. The summed E-state index contributed by atoms with van der Waals surface area (Å²) >= 11 is 0. The summed E-state index contributed by atoms with van der Waals surface area (Å²) in [6.07, 6.45) is 0. The molecule has 1 nitrogen and oxygen atoms in total. The molecule has 0 amide bonds. The summed E-state index contributed by atoms with van der Waals surface area (Å²) < 4.78 is 0. The van der Waals surface area contributed by atoms with Gasteiger partial charge in [-0.2, -0.15) is 0 Å². The molecule has 0 radical (unpaired) electrons. The van der Waals surface area contributed by atoms with Crippen LogP contribution in [0.4, 0.5) is 0 Å². The molecule has 5 heteroatoms. The molecule has 0 unspecified atom stereocenters. The van der Waals surface area contributed by atoms with Gasteiger partial charge in [-0.05, 0) is 0 Å². The molecule has 0 fully saturated rings. The van der Waals surface area contributed by atoms with E-state index in [4.69, 9.17) is 35.2 Å². The first kappa shape index (κ1) is 10.1. The maximum atomic E-state index is 8.00. The fourth-order valence-electron chi connectivity index (χ4n) is 0. The maximum absolute atomic E-state index is 8.00. The molecule has 0 spiro atoms. The van der Waals surface area contributed by atoms with Gasteiger partial charge < -0.3 is 4.79 Å². The van der Waals surface area contributed by atoms with E-state index >= 15 is 0 Å². The summed E-state index contributed by atoms with van der Waals surface area (Å²) in [4.78, 5) is 8.00. The molecule has 0 rings (SSSR count). The minimum Gasteiger partial charge on any atom is 1.00 e. The topological polar surface area (TPSA) is 17.1 Å². The second-order valence-corrected chi connectivity index (χ2v) is 5.30. The predicted molar refractivity (Wildman–Crippen MR) is 25.8 cm³/mol. The van der Waals surface area contributed by atoms with Crippen LogP contribution < -0.4 is 0 Å². The van der Waals surface area contributed by atoms with Crippen LogP contribution >= 0.6 is 30.4 Å². The van der Waals surface area contributed by atoms with E-state index in [2.05, 4.69) is 0 Å². The number of hydrogen-bond donors (Lipinski definition) is 0. The standard InChI is InChI=1S/CH2O.3ClH.Co/c1-2;;;;/h1H2;3*1H;/q;;;;+3/p-2. The minimum atomic E-state index is -1.19. The van der Waals surface area contributed by atoms with Crippen molar-refractivity contribution >= 4 is 37.2 Å². The SMILES string of the molecule is C=O.[Cl][Co]([Cl])[Cl].[H+]. The molecular weight excluding hydrogens is 193 g/mol. The van der Waals surface area contributed by atoms with Crippen molar-refractivity contribution in [1.29, 1.82) is 0 Å². The average Bonchev–Trinajstić information content (AvgIpc) is 1.41. The molecule has 0 aliphatic heterocycles. The normalized spacial score (nSPS) is 8.17. The second-order valence-electron chi connectivity index (χ2n) is 0.143. The van der Waals surface area contributed by atoms with E-state index in [1.807, 2.05) is 6.79 Å². The molecule has 0 N–H and O–H groups in total. The van der Waals surface area contributed by atoms with Crippen molar-refractivity contribution in [3.05, 3.63) is 0 Å². The maximum Gasteiger partial charge on any atom is 1.00 e. The summed E-state index contributed by atoms with van der Waals surface area (Å²) in [6.45, 7) is 2.00. The summed E-state index contributed by atoms with van der Waals surface area (Å²) in [5.41, 5.74) is 0. The van der Waals surface area contributed by atoms with Crippen LogP contribution in [0.1, 0.15) is 1.43 Å². The number of halogens is 3. The Morgan fingerprint density at radius 2 is 1.33 bits per heavy atom. The Bertz CT molecular complexity index is 26.1. The van der Waals surface area contributed by atoms with Gasteiger partial charge in [0.2, 0.25) is 0 Å². The first-order valence-corrected chi connectivity index (χ1v) is 4.96. The molecule has 6 heavy (non-hydrogen) atoms. The first-order chi connectivity index (χ1) is 2.73. The molecule has 42 valence electrons. The van der Waals surface area contributed by atoms with E-state index < -0.39 is 10.9 Å². The van der Waals surface area contributed by atoms with Crippen LogP contribution in [-0.2, 0) is 15.7 Å². The van der Waals surface area contributed by atoms with Gasteiger partial charge in [0, 0.05) is 0 Å². The van der Waals surface area contributed by atoms with Crippen LogP contribution in [-0.4, -0.2) is 6.79 Å². The van der Waals surface area contributed by atoms with Crippen LogP contribution in [0.5, 0.6) is 0 Å². The summed E-state index contributed by atoms with van der Waals surface area (Å²) in [5, 5.41) is 0.